The van der Waals surface area contributed by atoms with Crippen LogP contribution in [0.1, 0.15) is 26.2 Å². The zero-order valence-corrected chi connectivity index (χ0v) is 8.85. The number of nitrogens with two attached hydrogens (primary N) is 1. The lowest BCUT2D eigenvalue weighted by Gasteiger charge is -2.13. The molecule has 2 unspecified atom stereocenters. The van der Waals surface area contributed by atoms with Crippen LogP contribution in [0.15, 0.2) is 0 Å². The lowest BCUT2D eigenvalue weighted by Crippen LogP contribution is -2.29. The number of carboxylic acid groups (broad SMARTS) is 1. The fraction of sp³-hybridized carbons (Fsp3) is 0.857. The van der Waals surface area contributed by atoms with Crippen molar-refractivity contribution >= 4 is 13.6 Å². The highest BCUT2D eigenvalue weighted by molar-refractivity contribution is 7.52. The predicted octanol–water partition coefficient (Wildman–Crippen LogP) is 0.135. The van der Waals surface area contributed by atoms with Crippen molar-refractivity contribution in [3.05, 3.63) is 0 Å². The third kappa shape index (κ3) is 5.34. The maximum absolute atomic E-state index is 10.7. The number of rotatable bonds is 6. The molecule has 0 aromatic heterocycles. The highest BCUT2D eigenvalue weighted by Gasteiger charge is 2.23. The molecule has 0 spiro atoms. The van der Waals surface area contributed by atoms with Gasteiger partial charge in [0.25, 0.3) is 0 Å². The van der Waals surface area contributed by atoms with Crippen LogP contribution in [0, 0.1) is 0 Å². The molecule has 0 bridgehead atoms. The van der Waals surface area contributed by atoms with E-state index in [1.165, 1.54) is 6.92 Å². The normalized spacial score (nSPS) is 16.3. The summed E-state index contributed by atoms with van der Waals surface area (Å²) >= 11 is 0. The molecule has 0 fully saturated rings. The van der Waals surface area contributed by atoms with E-state index >= 15 is 0 Å². The van der Waals surface area contributed by atoms with Crippen molar-refractivity contribution in [3.63, 3.8) is 0 Å². The highest BCUT2D eigenvalue weighted by Crippen LogP contribution is 2.43. The van der Waals surface area contributed by atoms with Gasteiger partial charge in [0.1, 0.15) is 6.04 Å². The van der Waals surface area contributed by atoms with E-state index in [9.17, 15) is 9.36 Å². The minimum Gasteiger partial charge on any atom is -0.480 e. The van der Waals surface area contributed by atoms with E-state index in [4.69, 9.17) is 20.6 Å². The van der Waals surface area contributed by atoms with Crippen molar-refractivity contribution in [3.8, 4) is 0 Å². The highest BCUT2D eigenvalue weighted by atomic mass is 31.2. The van der Waals surface area contributed by atoms with Gasteiger partial charge in [-0.2, -0.15) is 0 Å². The summed E-state index contributed by atoms with van der Waals surface area (Å²) in [5.41, 5.74) is 4.49. The van der Waals surface area contributed by atoms with Crippen molar-refractivity contribution in [2.24, 2.45) is 5.73 Å². The second-order valence-corrected chi connectivity index (χ2v) is 5.37. The van der Waals surface area contributed by atoms with E-state index in [-0.39, 0.29) is 12.8 Å². The first-order valence-corrected chi connectivity index (χ1v) is 5.97. The number of hydrogen-bond donors (Lipinski definition) is 4. The largest absolute Gasteiger partial charge is 0.480 e. The fourth-order valence-electron chi connectivity index (χ4n) is 0.925. The van der Waals surface area contributed by atoms with Crippen LogP contribution in [0.3, 0.4) is 0 Å². The number of carboxylic acids is 1. The zero-order valence-electron chi connectivity index (χ0n) is 7.96. The molecule has 0 aromatic rings. The smallest absolute Gasteiger partial charge is 0.328 e. The molecule has 0 heterocycles. The Morgan fingerprint density at radius 1 is 1.43 bits per heavy atom. The summed E-state index contributed by atoms with van der Waals surface area (Å²) in [4.78, 5) is 27.7. The number of aliphatic carboxylic acids is 1. The first kappa shape index (κ1) is 13.6. The molecule has 0 aromatic carbocycles. The van der Waals surface area contributed by atoms with Gasteiger partial charge in [0, 0.05) is 0 Å². The first-order valence-electron chi connectivity index (χ1n) is 4.28. The molecule has 0 rings (SSSR count). The molecule has 0 aliphatic heterocycles. The second kappa shape index (κ2) is 5.46. The Morgan fingerprint density at radius 3 is 2.29 bits per heavy atom. The van der Waals surface area contributed by atoms with Crippen LogP contribution >= 0.6 is 7.60 Å². The van der Waals surface area contributed by atoms with E-state index in [1.807, 2.05) is 0 Å². The van der Waals surface area contributed by atoms with Gasteiger partial charge in [0.15, 0.2) is 0 Å². The average molecular weight is 225 g/mol. The van der Waals surface area contributed by atoms with Gasteiger partial charge >= 0.3 is 13.6 Å². The van der Waals surface area contributed by atoms with Crippen LogP contribution in [-0.4, -0.2) is 32.6 Å². The fourth-order valence-corrected chi connectivity index (χ4v) is 1.44. The van der Waals surface area contributed by atoms with Crippen molar-refractivity contribution in [2.45, 2.75) is 37.9 Å². The summed E-state index contributed by atoms with van der Waals surface area (Å²) < 4.78 is 10.7. The van der Waals surface area contributed by atoms with Gasteiger partial charge in [-0.1, -0.05) is 13.3 Å². The molecule has 6 nitrogen and oxygen atoms in total. The molecular weight excluding hydrogens is 209 g/mol. The summed E-state index contributed by atoms with van der Waals surface area (Å²) in [6, 6.07) is -0.945. The van der Waals surface area contributed by atoms with Crippen LogP contribution in [0.4, 0.5) is 0 Å². The predicted molar refractivity (Wildman–Crippen MR) is 51.0 cm³/mol. The lowest BCUT2D eigenvalue weighted by molar-refractivity contribution is -0.138. The lowest BCUT2D eigenvalue weighted by atomic mass is 10.1. The van der Waals surface area contributed by atoms with Crippen LogP contribution in [0.25, 0.3) is 0 Å². The van der Waals surface area contributed by atoms with Crippen molar-refractivity contribution < 1.29 is 24.3 Å². The Balaban J connectivity index is 3.76. The molecule has 7 heteroatoms. The number of carbonyl (C=O) groups is 1. The molecule has 0 aliphatic rings. The zero-order chi connectivity index (χ0) is 11.4. The van der Waals surface area contributed by atoms with Gasteiger partial charge in [-0.15, -0.1) is 0 Å². The van der Waals surface area contributed by atoms with Gasteiger partial charge in [0.2, 0.25) is 0 Å². The van der Waals surface area contributed by atoms with E-state index < -0.39 is 25.3 Å². The molecular formula is C7H16NO5P. The van der Waals surface area contributed by atoms with Crippen LogP contribution in [0.5, 0.6) is 0 Å². The third-order valence-electron chi connectivity index (χ3n) is 2.03. The molecule has 14 heavy (non-hydrogen) atoms. The molecule has 84 valence electrons. The van der Waals surface area contributed by atoms with E-state index in [0.29, 0.717) is 6.42 Å². The Labute approximate surface area is 82.3 Å². The van der Waals surface area contributed by atoms with Crippen molar-refractivity contribution in [1.29, 1.82) is 0 Å². The molecule has 0 radical (unpaired) electrons. The van der Waals surface area contributed by atoms with Gasteiger partial charge < -0.3 is 20.6 Å². The minimum absolute atomic E-state index is 0.236. The molecule has 2 atom stereocenters. The van der Waals surface area contributed by atoms with Crippen molar-refractivity contribution in [2.75, 3.05) is 0 Å². The SMILES string of the molecule is CC(CCCC(N)C(=O)O)P(=O)(O)O. The average Bonchev–Trinajstić information content (AvgIpc) is 2.01. The van der Waals surface area contributed by atoms with Gasteiger partial charge in [-0.25, -0.2) is 0 Å². The molecule has 5 N–H and O–H groups in total. The Hall–Kier alpha value is -0.420. The molecule has 0 saturated heterocycles. The Bertz CT molecular complexity index is 238. The van der Waals surface area contributed by atoms with Crippen molar-refractivity contribution in [1.82, 2.24) is 0 Å². The molecule has 0 saturated carbocycles. The van der Waals surface area contributed by atoms with Crippen LogP contribution in [0.2, 0.25) is 0 Å². The number of hydrogen-bond acceptors (Lipinski definition) is 3. The summed E-state index contributed by atoms with van der Waals surface area (Å²) in [5.74, 6) is -1.09. The topological polar surface area (TPSA) is 121 Å². The molecule has 0 aliphatic carbocycles. The quantitative estimate of drug-likeness (QED) is 0.477. The monoisotopic (exact) mass is 225 g/mol. The summed E-state index contributed by atoms with van der Waals surface area (Å²) in [5, 5.41) is 8.43. The Kier molecular flexibility index (Phi) is 5.29. The maximum atomic E-state index is 10.7. The standard InChI is InChI=1S/C7H16NO5P/c1-5(14(11,12)13)3-2-4-6(8)7(9)10/h5-6H,2-4,8H2,1H3,(H,9,10)(H2,11,12,13). The van der Waals surface area contributed by atoms with E-state index in [0.717, 1.165) is 0 Å². The first-order chi connectivity index (χ1) is 6.25. The summed E-state index contributed by atoms with van der Waals surface area (Å²) in [6.45, 7) is 1.44. The second-order valence-electron chi connectivity index (χ2n) is 3.31. The third-order valence-corrected chi connectivity index (χ3v) is 3.43. The van der Waals surface area contributed by atoms with E-state index in [2.05, 4.69) is 0 Å². The van der Waals surface area contributed by atoms with Gasteiger partial charge in [-0.05, 0) is 12.8 Å². The Morgan fingerprint density at radius 2 is 1.93 bits per heavy atom. The summed E-state index contributed by atoms with van der Waals surface area (Å²) in [6.07, 6.45) is 0.921. The van der Waals surface area contributed by atoms with E-state index in [1.54, 1.807) is 0 Å². The van der Waals surface area contributed by atoms with Crippen LogP contribution < -0.4 is 5.73 Å². The minimum atomic E-state index is -4.03. The maximum Gasteiger partial charge on any atom is 0.328 e. The molecule has 0 amide bonds. The van der Waals surface area contributed by atoms with Gasteiger partial charge in [-0.3, -0.25) is 9.36 Å². The van der Waals surface area contributed by atoms with Gasteiger partial charge in [0.05, 0.1) is 5.66 Å². The van der Waals surface area contributed by atoms with Crippen LogP contribution in [-0.2, 0) is 9.36 Å². The summed E-state index contributed by atoms with van der Waals surface area (Å²) in [7, 11) is -4.03.